The predicted molar refractivity (Wildman–Crippen MR) is 41.4 cm³/mol. The lowest BCUT2D eigenvalue weighted by Gasteiger charge is -2.00. The van der Waals surface area contributed by atoms with Gasteiger partial charge in [-0.05, 0) is 18.0 Å². The lowest BCUT2D eigenvalue weighted by molar-refractivity contribution is -0.451. The van der Waals surface area contributed by atoms with Crippen molar-refractivity contribution >= 4 is 27.9 Å². The summed E-state index contributed by atoms with van der Waals surface area (Å²) >= 11 is 3.75. The zero-order valence-electron chi connectivity index (χ0n) is 5.32. The van der Waals surface area contributed by atoms with Crippen LogP contribution in [-0.4, -0.2) is 22.9 Å². The summed E-state index contributed by atoms with van der Waals surface area (Å²) in [6.45, 7) is 1.17. The Hall–Kier alpha value is 1.10. The van der Waals surface area contributed by atoms with Gasteiger partial charge in [0.1, 0.15) is 6.54 Å². The first-order valence-corrected chi connectivity index (χ1v) is 4.92. The summed E-state index contributed by atoms with van der Waals surface area (Å²) in [4.78, 5) is 3.31. The molecule has 1 N–H and O–H groups in total. The highest BCUT2D eigenvalue weighted by atomic mass is 127. The average Bonchev–Trinajstić information content (AvgIpc) is 1.90. The van der Waals surface area contributed by atoms with E-state index in [4.69, 9.17) is 0 Å². The lowest BCUT2D eigenvalue weighted by atomic mass is 10.5. The Morgan fingerprint density at radius 2 is 2.44 bits per heavy atom. The molecule has 0 amide bonds. The molecule has 0 fully saturated rings. The predicted octanol–water partition coefficient (Wildman–Crippen LogP) is -3.07. The van der Waals surface area contributed by atoms with Crippen molar-refractivity contribution in [3.63, 3.8) is 0 Å². The fraction of sp³-hybridized carbons (Fsp3) is 0.800. The molecule has 0 spiro atoms. The van der Waals surface area contributed by atoms with Gasteiger partial charge in [-0.15, -0.1) is 0 Å². The van der Waals surface area contributed by atoms with Crippen molar-refractivity contribution in [2.75, 3.05) is 18.6 Å². The van der Waals surface area contributed by atoms with Gasteiger partial charge in [0.15, 0.2) is 0 Å². The maximum Gasteiger partial charge on any atom is 0.268 e. The van der Waals surface area contributed by atoms with Crippen LogP contribution in [0.3, 0.4) is 0 Å². The summed E-state index contributed by atoms with van der Waals surface area (Å²) in [5, 5.41) is 0. The van der Waals surface area contributed by atoms with E-state index in [-0.39, 0.29) is 24.0 Å². The summed E-state index contributed by atoms with van der Waals surface area (Å²) in [5.41, 5.74) is 0. The van der Waals surface area contributed by atoms with Crippen LogP contribution in [0.1, 0.15) is 6.42 Å². The standard InChI is InChI=1S/C5H9NS2.HI/c1-7-5-6-3-2-4-8-5;/h2-4H2,1H3;1H. The largest absolute Gasteiger partial charge is 1.00 e. The molecule has 1 nitrogen and oxygen atoms in total. The van der Waals surface area contributed by atoms with Crippen LogP contribution in [0.15, 0.2) is 0 Å². The summed E-state index contributed by atoms with van der Waals surface area (Å²) in [5.74, 6) is 1.29. The van der Waals surface area contributed by atoms with Gasteiger partial charge in [-0.2, -0.15) is 0 Å². The molecular weight excluding hydrogens is 265 g/mol. The molecule has 0 atom stereocenters. The van der Waals surface area contributed by atoms with Gasteiger partial charge in [-0.3, -0.25) is 0 Å². The van der Waals surface area contributed by atoms with E-state index in [2.05, 4.69) is 11.2 Å². The molecule has 1 aliphatic rings. The van der Waals surface area contributed by atoms with Crippen LogP contribution in [0.25, 0.3) is 0 Å². The first-order chi connectivity index (χ1) is 3.93. The molecule has 0 saturated heterocycles. The molecule has 0 saturated carbocycles. The van der Waals surface area contributed by atoms with Gasteiger partial charge < -0.3 is 24.0 Å². The smallest absolute Gasteiger partial charge is 0.268 e. The van der Waals surface area contributed by atoms with Crippen LogP contribution in [-0.2, 0) is 0 Å². The molecule has 0 aromatic heterocycles. The van der Waals surface area contributed by atoms with Crippen LogP contribution < -0.4 is 29.0 Å². The van der Waals surface area contributed by atoms with Crippen LogP contribution in [0.2, 0.25) is 0 Å². The van der Waals surface area contributed by atoms with Gasteiger partial charge in [0, 0.05) is 12.2 Å². The topological polar surface area (TPSA) is 14.0 Å². The first kappa shape index (κ1) is 10.1. The van der Waals surface area contributed by atoms with E-state index in [0.29, 0.717) is 0 Å². The van der Waals surface area contributed by atoms with Gasteiger partial charge >= 0.3 is 0 Å². The normalized spacial score (nSPS) is 18.1. The summed E-state index contributed by atoms with van der Waals surface area (Å²) in [6, 6.07) is 0. The number of hydrogen-bond donors (Lipinski definition) is 1. The number of hydrogen-bond acceptors (Lipinski definition) is 2. The van der Waals surface area contributed by atoms with E-state index < -0.39 is 0 Å². The monoisotopic (exact) mass is 275 g/mol. The van der Waals surface area contributed by atoms with Crippen molar-refractivity contribution in [3.8, 4) is 0 Å². The fourth-order valence-electron chi connectivity index (χ4n) is 0.610. The van der Waals surface area contributed by atoms with Gasteiger partial charge in [0.2, 0.25) is 0 Å². The van der Waals surface area contributed by atoms with Crippen molar-refractivity contribution in [2.24, 2.45) is 0 Å². The molecule has 0 aromatic rings. The zero-order chi connectivity index (χ0) is 5.82. The third kappa shape index (κ3) is 3.72. The lowest BCUT2D eigenvalue weighted by Crippen LogP contribution is -3.00. The highest BCUT2D eigenvalue weighted by Gasteiger charge is 2.08. The molecule has 9 heavy (non-hydrogen) atoms. The Kier molecular flexibility index (Phi) is 6.57. The van der Waals surface area contributed by atoms with Crippen LogP contribution in [0.5, 0.6) is 0 Å². The molecule has 54 valence electrons. The molecule has 0 unspecified atom stereocenters. The zero-order valence-corrected chi connectivity index (χ0v) is 9.11. The Labute approximate surface area is 81.5 Å². The molecule has 1 rings (SSSR count). The van der Waals surface area contributed by atoms with E-state index in [9.17, 15) is 0 Å². The Morgan fingerprint density at radius 3 is 2.78 bits per heavy atom. The Bertz CT molecular complexity index is 105. The van der Waals surface area contributed by atoms with Crippen LogP contribution in [0, 0.1) is 0 Å². The SMILES string of the molecule is CSC1=[NH+]CCCS1.[I-]. The van der Waals surface area contributed by atoms with Crippen LogP contribution >= 0.6 is 23.5 Å². The van der Waals surface area contributed by atoms with Gasteiger partial charge in [-0.1, -0.05) is 11.8 Å². The molecular formula is C5H10INS2. The fourth-order valence-corrected chi connectivity index (χ4v) is 2.26. The molecule has 0 radical (unpaired) electrons. The summed E-state index contributed by atoms with van der Waals surface area (Å²) in [7, 11) is 0. The number of halogens is 1. The second-order valence-electron chi connectivity index (χ2n) is 1.62. The van der Waals surface area contributed by atoms with Crippen LogP contribution in [0.4, 0.5) is 0 Å². The highest BCUT2D eigenvalue weighted by Crippen LogP contribution is 2.11. The number of rotatable bonds is 0. The summed E-state index contributed by atoms with van der Waals surface area (Å²) < 4.78 is 1.39. The highest BCUT2D eigenvalue weighted by molar-refractivity contribution is 8.38. The van der Waals surface area contributed by atoms with Crippen molar-refractivity contribution in [2.45, 2.75) is 6.42 Å². The summed E-state index contributed by atoms with van der Waals surface area (Å²) in [6.07, 6.45) is 3.43. The van der Waals surface area contributed by atoms with E-state index in [1.165, 1.54) is 23.1 Å². The maximum atomic E-state index is 3.31. The Balaban J connectivity index is 0.000000640. The average molecular weight is 275 g/mol. The quantitative estimate of drug-likeness (QED) is 0.472. The first-order valence-electron chi connectivity index (χ1n) is 2.71. The number of thioether (sulfide) groups is 2. The van der Waals surface area contributed by atoms with E-state index in [1.54, 1.807) is 0 Å². The minimum absolute atomic E-state index is 0. The molecule has 0 aromatic carbocycles. The maximum absolute atomic E-state index is 3.31. The van der Waals surface area contributed by atoms with E-state index >= 15 is 0 Å². The third-order valence-electron chi connectivity index (χ3n) is 1.01. The van der Waals surface area contributed by atoms with Crippen molar-refractivity contribution < 1.29 is 29.0 Å². The van der Waals surface area contributed by atoms with Gasteiger partial charge in [-0.25, -0.2) is 4.99 Å². The van der Waals surface area contributed by atoms with Gasteiger partial charge in [0.25, 0.3) is 4.38 Å². The third-order valence-corrected chi connectivity index (χ3v) is 3.28. The second kappa shape index (κ2) is 5.85. The molecule has 4 heteroatoms. The molecule has 0 bridgehead atoms. The molecule has 1 aliphatic heterocycles. The second-order valence-corrected chi connectivity index (χ2v) is 3.80. The number of nitrogens with one attached hydrogen (secondary N) is 1. The minimum Gasteiger partial charge on any atom is -1.00 e. The van der Waals surface area contributed by atoms with Crippen molar-refractivity contribution in [3.05, 3.63) is 0 Å². The van der Waals surface area contributed by atoms with Crippen molar-refractivity contribution in [1.29, 1.82) is 0 Å². The van der Waals surface area contributed by atoms with E-state index in [1.807, 2.05) is 23.5 Å². The van der Waals surface area contributed by atoms with Gasteiger partial charge in [0.05, 0.1) is 0 Å². The minimum atomic E-state index is 0. The van der Waals surface area contributed by atoms with E-state index in [0.717, 1.165) is 0 Å². The van der Waals surface area contributed by atoms with Crippen molar-refractivity contribution in [1.82, 2.24) is 0 Å². The Morgan fingerprint density at radius 1 is 1.67 bits per heavy atom. The molecule has 1 heterocycles. The molecule has 0 aliphatic carbocycles.